The predicted octanol–water partition coefficient (Wildman–Crippen LogP) is 1.77. The van der Waals surface area contributed by atoms with Crippen LogP contribution in [0, 0.1) is 5.92 Å². The van der Waals surface area contributed by atoms with E-state index in [-0.39, 0.29) is 5.56 Å². The van der Waals surface area contributed by atoms with Crippen molar-refractivity contribution in [3.63, 3.8) is 0 Å². The maximum atomic E-state index is 12.7. The van der Waals surface area contributed by atoms with Gasteiger partial charge in [-0.2, -0.15) is 0 Å². The van der Waals surface area contributed by atoms with Gasteiger partial charge in [0.15, 0.2) is 5.82 Å². The first kappa shape index (κ1) is 17.4. The van der Waals surface area contributed by atoms with Crippen molar-refractivity contribution in [1.29, 1.82) is 0 Å². The minimum absolute atomic E-state index is 0.165. The second-order valence-electron chi connectivity index (χ2n) is 6.98. The van der Waals surface area contributed by atoms with E-state index < -0.39 is 0 Å². The molecule has 1 fully saturated rings. The van der Waals surface area contributed by atoms with Crippen molar-refractivity contribution in [2.45, 2.75) is 12.8 Å². The van der Waals surface area contributed by atoms with Crippen molar-refractivity contribution in [2.24, 2.45) is 5.92 Å². The SMILES string of the molecule is CN1CCCC(CNc2cc(-n3[nH]cc(-c4cccnc4)c3=O)ncn2)C1. The molecular formula is C19H23N7O. The Balaban J connectivity index is 1.51. The first-order valence-electron chi connectivity index (χ1n) is 9.16. The third kappa shape index (κ3) is 3.90. The van der Waals surface area contributed by atoms with Crippen LogP contribution < -0.4 is 10.9 Å². The Kier molecular flexibility index (Phi) is 4.97. The fourth-order valence-electron chi connectivity index (χ4n) is 3.52. The van der Waals surface area contributed by atoms with Gasteiger partial charge in [-0.1, -0.05) is 6.07 Å². The molecule has 3 aromatic heterocycles. The minimum Gasteiger partial charge on any atom is -0.370 e. The smallest absolute Gasteiger partial charge is 0.280 e. The zero-order valence-corrected chi connectivity index (χ0v) is 15.3. The van der Waals surface area contributed by atoms with E-state index in [9.17, 15) is 4.79 Å². The second-order valence-corrected chi connectivity index (χ2v) is 6.98. The maximum absolute atomic E-state index is 12.7. The standard InChI is InChI=1S/C19H23N7O/c1-25-7-3-4-14(12-25)9-21-17-8-18(23-13-22-17)26-19(27)16(11-24-26)15-5-2-6-20-10-15/h2,5-6,8,10-11,13-14,24H,3-4,7,9,12H2,1H3,(H,21,22,23). The third-order valence-corrected chi connectivity index (χ3v) is 4.92. The molecule has 3 aromatic rings. The highest BCUT2D eigenvalue weighted by molar-refractivity contribution is 5.60. The van der Waals surface area contributed by atoms with E-state index in [0.717, 1.165) is 24.5 Å². The third-order valence-electron chi connectivity index (χ3n) is 4.92. The van der Waals surface area contributed by atoms with Crippen molar-refractivity contribution in [3.05, 3.63) is 53.5 Å². The van der Waals surface area contributed by atoms with Crippen LogP contribution in [0.2, 0.25) is 0 Å². The molecular weight excluding hydrogens is 342 g/mol. The van der Waals surface area contributed by atoms with Gasteiger partial charge >= 0.3 is 0 Å². The number of hydrogen-bond donors (Lipinski definition) is 2. The zero-order chi connectivity index (χ0) is 18.6. The number of anilines is 1. The van der Waals surface area contributed by atoms with Gasteiger partial charge in [-0.25, -0.2) is 14.6 Å². The zero-order valence-electron chi connectivity index (χ0n) is 15.3. The summed E-state index contributed by atoms with van der Waals surface area (Å²) in [4.78, 5) is 27.7. The van der Waals surface area contributed by atoms with Gasteiger partial charge in [-0.05, 0) is 38.4 Å². The Labute approximate surface area is 157 Å². The van der Waals surface area contributed by atoms with Crippen LogP contribution in [-0.2, 0) is 0 Å². The molecule has 0 radical (unpaired) electrons. The highest BCUT2D eigenvalue weighted by atomic mass is 16.1. The van der Waals surface area contributed by atoms with Crippen LogP contribution >= 0.6 is 0 Å². The molecule has 0 amide bonds. The Morgan fingerprint density at radius 3 is 3.11 bits per heavy atom. The molecule has 1 unspecified atom stereocenters. The van der Waals surface area contributed by atoms with Crippen LogP contribution in [0.25, 0.3) is 16.9 Å². The van der Waals surface area contributed by atoms with E-state index in [1.165, 1.54) is 30.4 Å². The number of likely N-dealkylation sites (tertiary alicyclic amines) is 1. The average molecular weight is 365 g/mol. The Morgan fingerprint density at radius 2 is 2.30 bits per heavy atom. The monoisotopic (exact) mass is 365 g/mol. The number of aromatic nitrogens is 5. The summed E-state index contributed by atoms with van der Waals surface area (Å²) in [7, 11) is 2.16. The molecule has 1 atom stereocenters. The summed E-state index contributed by atoms with van der Waals surface area (Å²) in [5.41, 5.74) is 1.16. The molecule has 8 nitrogen and oxygen atoms in total. The first-order valence-corrected chi connectivity index (χ1v) is 9.16. The topological polar surface area (TPSA) is 91.7 Å². The van der Waals surface area contributed by atoms with E-state index in [4.69, 9.17) is 0 Å². The lowest BCUT2D eigenvalue weighted by Crippen LogP contribution is -2.35. The molecule has 2 N–H and O–H groups in total. The number of piperidine rings is 1. The van der Waals surface area contributed by atoms with Crippen LogP contribution in [0.1, 0.15) is 12.8 Å². The van der Waals surface area contributed by atoms with Gasteiger partial charge in [0.2, 0.25) is 0 Å². The number of H-pyrrole nitrogens is 1. The van der Waals surface area contributed by atoms with Crippen LogP contribution in [0.5, 0.6) is 0 Å². The fourth-order valence-corrected chi connectivity index (χ4v) is 3.52. The summed E-state index contributed by atoms with van der Waals surface area (Å²) >= 11 is 0. The summed E-state index contributed by atoms with van der Waals surface area (Å²) in [5, 5.41) is 6.36. The van der Waals surface area contributed by atoms with Gasteiger partial charge < -0.3 is 10.2 Å². The Bertz CT molecular complexity index is 950. The molecule has 0 saturated carbocycles. The van der Waals surface area contributed by atoms with Gasteiger partial charge in [-0.3, -0.25) is 14.9 Å². The number of aromatic amines is 1. The molecule has 1 saturated heterocycles. The summed E-state index contributed by atoms with van der Waals surface area (Å²) in [6.07, 6.45) is 8.95. The Morgan fingerprint density at radius 1 is 1.37 bits per heavy atom. The molecule has 4 rings (SSSR count). The maximum Gasteiger partial charge on any atom is 0.280 e. The molecule has 4 heterocycles. The summed E-state index contributed by atoms with van der Waals surface area (Å²) in [6.45, 7) is 3.13. The van der Waals surface area contributed by atoms with E-state index >= 15 is 0 Å². The lowest BCUT2D eigenvalue weighted by molar-refractivity contribution is 0.217. The van der Waals surface area contributed by atoms with E-state index in [0.29, 0.717) is 17.3 Å². The molecule has 8 heteroatoms. The molecule has 0 aromatic carbocycles. The number of rotatable bonds is 5. The molecule has 140 valence electrons. The van der Waals surface area contributed by atoms with E-state index in [1.807, 2.05) is 12.1 Å². The lowest BCUT2D eigenvalue weighted by atomic mass is 9.98. The van der Waals surface area contributed by atoms with Crippen LogP contribution in [0.3, 0.4) is 0 Å². The summed E-state index contributed by atoms with van der Waals surface area (Å²) in [6, 6.07) is 5.45. The lowest BCUT2D eigenvalue weighted by Gasteiger charge is -2.29. The van der Waals surface area contributed by atoms with E-state index in [2.05, 4.69) is 37.3 Å². The van der Waals surface area contributed by atoms with Gasteiger partial charge in [0.25, 0.3) is 5.56 Å². The average Bonchev–Trinajstić information content (AvgIpc) is 3.09. The van der Waals surface area contributed by atoms with Crippen LogP contribution in [-0.4, -0.2) is 56.3 Å². The van der Waals surface area contributed by atoms with Gasteiger partial charge in [0.1, 0.15) is 12.1 Å². The predicted molar refractivity (Wildman–Crippen MR) is 104 cm³/mol. The van der Waals surface area contributed by atoms with Crippen molar-refractivity contribution in [3.8, 4) is 16.9 Å². The molecule has 0 spiro atoms. The van der Waals surface area contributed by atoms with E-state index in [1.54, 1.807) is 24.7 Å². The number of pyridine rings is 1. The molecule has 0 bridgehead atoms. The van der Waals surface area contributed by atoms with Crippen LogP contribution in [0.4, 0.5) is 5.82 Å². The largest absolute Gasteiger partial charge is 0.370 e. The van der Waals surface area contributed by atoms with Crippen molar-refractivity contribution >= 4 is 5.82 Å². The van der Waals surface area contributed by atoms with Crippen molar-refractivity contribution < 1.29 is 0 Å². The second kappa shape index (κ2) is 7.71. The molecule has 1 aliphatic heterocycles. The Hall–Kier alpha value is -3.00. The van der Waals surface area contributed by atoms with Gasteiger partial charge in [0.05, 0.1) is 5.56 Å². The molecule has 0 aliphatic carbocycles. The normalized spacial score (nSPS) is 17.7. The highest BCUT2D eigenvalue weighted by Gasteiger charge is 2.17. The number of nitrogens with zero attached hydrogens (tertiary/aromatic N) is 5. The quantitative estimate of drug-likeness (QED) is 0.716. The highest BCUT2D eigenvalue weighted by Crippen LogP contribution is 2.17. The molecule has 27 heavy (non-hydrogen) atoms. The minimum atomic E-state index is -0.165. The number of hydrogen-bond acceptors (Lipinski definition) is 6. The van der Waals surface area contributed by atoms with Gasteiger partial charge in [0, 0.05) is 43.3 Å². The van der Waals surface area contributed by atoms with Crippen LogP contribution in [0.15, 0.2) is 47.9 Å². The summed E-state index contributed by atoms with van der Waals surface area (Å²) in [5.74, 6) is 1.83. The summed E-state index contributed by atoms with van der Waals surface area (Å²) < 4.78 is 1.42. The van der Waals surface area contributed by atoms with Crippen molar-refractivity contribution in [2.75, 3.05) is 32.0 Å². The fraction of sp³-hybridized carbons (Fsp3) is 0.368. The van der Waals surface area contributed by atoms with Crippen molar-refractivity contribution in [1.82, 2.24) is 29.6 Å². The number of nitrogens with one attached hydrogen (secondary N) is 2. The first-order chi connectivity index (χ1) is 13.2. The molecule has 1 aliphatic rings. The van der Waals surface area contributed by atoms with Gasteiger partial charge in [-0.15, -0.1) is 0 Å².